The standard InChI is InChI=1S/C10H13NO/c1-8-2-4-11-5-3-10(12)7-9(11)6-8/h3,5,7-8H,2,4,6H2,1H3/t8-/m1/s1. The highest BCUT2D eigenvalue weighted by Gasteiger charge is 2.12. The molecule has 2 heterocycles. The van der Waals surface area contributed by atoms with Gasteiger partial charge in [-0.1, -0.05) is 6.92 Å². The number of hydrogen-bond donors (Lipinski definition) is 0. The SMILES string of the molecule is C[C@@H]1CCn2ccc(=O)cc2C1. The summed E-state index contributed by atoms with van der Waals surface area (Å²) in [6.07, 6.45) is 4.19. The molecule has 1 aliphatic heterocycles. The molecule has 1 aliphatic rings. The molecule has 2 nitrogen and oxygen atoms in total. The first-order chi connectivity index (χ1) is 5.75. The Morgan fingerprint density at radius 2 is 2.42 bits per heavy atom. The van der Waals surface area contributed by atoms with E-state index in [1.54, 1.807) is 12.1 Å². The van der Waals surface area contributed by atoms with Crippen molar-refractivity contribution < 1.29 is 0 Å². The van der Waals surface area contributed by atoms with Gasteiger partial charge in [-0.3, -0.25) is 4.79 Å². The Balaban J connectivity index is 2.44. The van der Waals surface area contributed by atoms with Gasteiger partial charge >= 0.3 is 0 Å². The molecule has 1 atom stereocenters. The summed E-state index contributed by atoms with van der Waals surface area (Å²) in [5.74, 6) is 0.729. The van der Waals surface area contributed by atoms with Gasteiger partial charge < -0.3 is 4.57 Å². The molecule has 0 unspecified atom stereocenters. The lowest BCUT2D eigenvalue weighted by Gasteiger charge is -2.23. The van der Waals surface area contributed by atoms with Crippen molar-refractivity contribution in [3.05, 3.63) is 34.2 Å². The predicted octanol–water partition coefficient (Wildman–Crippen LogP) is 1.43. The van der Waals surface area contributed by atoms with Crippen LogP contribution in [-0.2, 0) is 13.0 Å². The molecule has 0 N–H and O–H groups in total. The van der Waals surface area contributed by atoms with Crippen molar-refractivity contribution in [2.24, 2.45) is 5.92 Å². The van der Waals surface area contributed by atoms with Gasteiger partial charge in [0.1, 0.15) is 0 Å². The summed E-state index contributed by atoms with van der Waals surface area (Å²) in [5.41, 5.74) is 1.33. The van der Waals surface area contributed by atoms with Gasteiger partial charge in [-0.2, -0.15) is 0 Å². The average Bonchev–Trinajstić information content (AvgIpc) is 2.03. The number of hydrogen-bond acceptors (Lipinski definition) is 1. The van der Waals surface area contributed by atoms with Crippen LogP contribution in [0.25, 0.3) is 0 Å². The maximum atomic E-state index is 11.0. The van der Waals surface area contributed by atoms with E-state index in [1.165, 1.54) is 12.1 Å². The largest absolute Gasteiger partial charge is 0.351 e. The van der Waals surface area contributed by atoms with Crippen LogP contribution in [-0.4, -0.2) is 4.57 Å². The molecule has 12 heavy (non-hydrogen) atoms. The summed E-state index contributed by atoms with van der Waals surface area (Å²) in [6.45, 7) is 3.30. The molecule has 0 aliphatic carbocycles. The van der Waals surface area contributed by atoms with E-state index in [4.69, 9.17) is 0 Å². The van der Waals surface area contributed by atoms with Crippen molar-refractivity contribution in [1.29, 1.82) is 0 Å². The molecule has 0 saturated heterocycles. The molecule has 1 aromatic rings. The number of rotatable bonds is 0. The summed E-state index contributed by atoms with van der Waals surface area (Å²) < 4.78 is 2.18. The molecule has 0 bridgehead atoms. The van der Waals surface area contributed by atoms with Crippen molar-refractivity contribution in [3.63, 3.8) is 0 Å². The second kappa shape index (κ2) is 2.77. The molecule has 1 aromatic heterocycles. The molecule has 0 aromatic carbocycles. The molecule has 2 rings (SSSR count). The number of pyridine rings is 1. The second-order valence-electron chi connectivity index (χ2n) is 3.65. The van der Waals surface area contributed by atoms with Crippen LogP contribution in [0.2, 0.25) is 0 Å². The fourth-order valence-corrected chi connectivity index (χ4v) is 1.77. The van der Waals surface area contributed by atoms with Crippen LogP contribution >= 0.6 is 0 Å². The van der Waals surface area contributed by atoms with E-state index in [1.807, 2.05) is 6.20 Å². The van der Waals surface area contributed by atoms with Crippen LogP contribution in [0.15, 0.2) is 23.1 Å². The molecule has 0 amide bonds. The molecule has 0 spiro atoms. The number of aromatic nitrogens is 1. The average molecular weight is 163 g/mol. The van der Waals surface area contributed by atoms with Crippen molar-refractivity contribution in [1.82, 2.24) is 4.57 Å². The lowest BCUT2D eigenvalue weighted by molar-refractivity contribution is 0.412. The third-order valence-corrected chi connectivity index (χ3v) is 2.52. The first kappa shape index (κ1) is 7.59. The van der Waals surface area contributed by atoms with Crippen LogP contribution in [0.4, 0.5) is 0 Å². The first-order valence-corrected chi connectivity index (χ1v) is 4.45. The van der Waals surface area contributed by atoms with E-state index in [0.29, 0.717) is 0 Å². The molecule has 0 radical (unpaired) electrons. The quantitative estimate of drug-likeness (QED) is 0.567. The highest BCUT2D eigenvalue weighted by Crippen LogP contribution is 2.17. The lowest BCUT2D eigenvalue weighted by atomic mass is 9.97. The normalized spacial score (nSPS) is 21.9. The van der Waals surface area contributed by atoms with E-state index in [-0.39, 0.29) is 5.43 Å². The Bertz CT molecular complexity index is 340. The molecular weight excluding hydrogens is 150 g/mol. The topological polar surface area (TPSA) is 22.0 Å². The predicted molar refractivity (Wildman–Crippen MR) is 48.2 cm³/mol. The van der Waals surface area contributed by atoms with Gasteiger partial charge in [0.25, 0.3) is 0 Å². The minimum absolute atomic E-state index is 0.135. The van der Waals surface area contributed by atoms with Crippen molar-refractivity contribution in [3.8, 4) is 0 Å². The Morgan fingerprint density at radius 3 is 3.25 bits per heavy atom. The zero-order valence-corrected chi connectivity index (χ0v) is 7.29. The second-order valence-corrected chi connectivity index (χ2v) is 3.65. The van der Waals surface area contributed by atoms with Crippen molar-refractivity contribution >= 4 is 0 Å². The molecule has 2 heteroatoms. The van der Waals surface area contributed by atoms with Crippen molar-refractivity contribution in [2.75, 3.05) is 0 Å². The number of nitrogens with zero attached hydrogens (tertiary/aromatic N) is 1. The van der Waals surface area contributed by atoms with E-state index in [2.05, 4.69) is 11.5 Å². The maximum Gasteiger partial charge on any atom is 0.181 e. The molecule has 0 saturated carbocycles. The molecular formula is C10H13NO. The fourth-order valence-electron chi connectivity index (χ4n) is 1.77. The third kappa shape index (κ3) is 1.29. The van der Waals surface area contributed by atoms with Gasteiger partial charge in [0.2, 0.25) is 0 Å². The lowest BCUT2D eigenvalue weighted by Crippen LogP contribution is -2.20. The Morgan fingerprint density at radius 1 is 1.58 bits per heavy atom. The monoisotopic (exact) mass is 163 g/mol. The third-order valence-electron chi connectivity index (χ3n) is 2.52. The summed E-state index contributed by atoms with van der Waals surface area (Å²) in [4.78, 5) is 11.0. The summed E-state index contributed by atoms with van der Waals surface area (Å²) in [6, 6.07) is 3.40. The van der Waals surface area contributed by atoms with Crippen LogP contribution < -0.4 is 5.43 Å². The van der Waals surface area contributed by atoms with Gasteiger partial charge in [-0.25, -0.2) is 0 Å². The van der Waals surface area contributed by atoms with Gasteiger partial charge in [0.15, 0.2) is 5.43 Å². The molecule has 64 valence electrons. The summed E-state index contributed by atoms with van der Waals surface area (Å²) in [5, 5.41) is 0. The van der Waals surface area contributed by atoms with Gasteiger partial charge in [0.05, 0.1) is 0 Å². The number of aryl methyl sites for hydroxylation is 1. The van der Waals surface area contributed by atoms with Gasteiger partial charge in [-0.15, -0.1) is 0 Å². The van der Waals surface area contributed by atoms with E-state index in [0.717, 1.165) is 18.9 Å². The maximum absolute atomic E-state index is 11.0. The highest BCUT2D eigenvalue weighted by atomic mass is 16.1. The van der Waals surface area contributed by atoms with Gasteiger partial charge in [0, 0.05) is 30.6 Å². The zero-order valence-electron chi connectivity index (χ0n) is 7.29. The van der Waals surface area contributed by atoms with Crippen LogP contribution in [0, 0.1) is 5.92 Å². The first-order valence-electron chi connectivity index (χ1n) is 4.45. The Labute approximate surface area is 71.8 Å². The Kier molecular flexibility index (Phi) is 1.75. The summed E-state index contributed by atoms with van der Waals surface area (Å²) >= 11 is 0. The minimum atomic E-state index is 0.135. The van der Waals surface area contributed by atoms with E-state index < -0.39 is 0 Å². The van der Waals surface area contributed by atoms with E-state index in [9.17, 15) is 4.79 Å². The van der Waals surface area contributed by atoms with Crippen molar-refractivity contribution in [2.45, 2.75) is 26.3 Å². The number of fused-ring (bicyclic) bond motifs is 1. The smallest absolute Gasteiger partial charge is 0.181 e. The molecule has 0 fully saturated rings. The Hall–Kier alpha value is -1.05. The summed E-state index contributed by atoms with van der Waals surface area (Å²) in [7, 11) is 0. The minimum Gasteiger partial charge on any atom is -0.351 e. The fraction of sp³-hybridized carbons (Fsp3) is 0.500. The zero-order chi connectivity index (χ0) is 8.55. The van der Waals surface area contributed by atoms with Gasteiger partial charge in [-0.05, 0) is 18.8 Å². The van der Waals surface area contributed by atoms with E-state index >= 15 is 0 Å². The van der Waals surface area contributed by atoms with Crippen LogP contribution in [0.5, 0.6) is 0 Å². The van der Waals surface area contributed by atoms with Crippen LogP contribution in [0.1, 0.15) is 19.0 Å². The van der Waals surface area contributed by atoms with Crippen LogP contribution in [0.3, 0.4) is 0 Å². The highest BCUT2D eigenvalue weighted by molar-refractivity contribution is 5.09.